The van der Waals surface area contributed by atoms with E-state index in [0.717, 1.165) is 23.1 Å². The third kappa shape index (κ3) is 7.47. The molecule has 172 valence electrons. The van der Waals surface area contributed by atoms with Crippen LogP contribution in [-0.4, -0.2) is 46.2 Å². The van der Waals surface area contributed by atoms with Crippen molar-refractivity contribution < 1.29 is 23.7 Å². The Kier molecular flexibility index (Phi) is 9.48. The molecule has 0 saturated heterocycles. The predicted molar refractivity (Wildman–Crippen MR) is 128 cm³/mol. The first kappa shape index (κ1) is 24.0. The monoisotopic (exact) mass is 447 g/mol. The Balaban J connectivity index is 1.63. The maximum absolute atomic E-state index is 12.6. The number of esters is 1. The molecule has 0 unspecified atom stereocenters. The standard InChI is InChI=1S/C27H29NO5/c1-30-16-9-17-32-25-18-21(14-15-24(25)31-2)19-28-20-26(29)33-27(22-10-5-3-6-11-22)23-12-7-4-8-13-23/h3-8,10-15,18-19,27H,9,16-17,20H2,1-2H3/b28-19+. The lowest BCUT2D eigenvalue weighted by atomic mass is 10.0. The van der Waals surface area contributed by atoms with Gasteiger partial charge in [0.2, 0.25) is 0 Å². The Morgan fingerprint density at radius 2 is 1.55 bits per heavy atom. The summed E-state index contributed by atoms with van der Waals surface area (Å²) in [7, 11) is 3.25. The summed E-state index contributed by atoms with van der Waals surface area (Å²) in [6.45, 7) is 1.04. The van der Waals surface area contributed by atoms with Gasteiger partial charge in [0.05, 0.1) is 13.7 Å². The fourth-order valence-electron chi connectivity index (χ4n) is 3.25. The number of benzene rings is 3. The van der Waals surface area contributed by atoms with Gasteiger partial charge in [0.1, 0.15) is 6.54 Å². The fraction of sp³-hybridized carbons (Fsp3) is 0.259. The zero-order valence-electron chi connectivity index (χ0n) is 19.0. The molecule has 3 aromatic carbocycles. The fourth-order valence-corrected chi connectivity index (χ4v) is 3.25. The minimum absolute atomic E-state index is 0.0910. The molecule has 0 atom stereocenters. The van der Waals surface area contributed by atoms with Gasteiger partial charge in [-0.2, -0.15) is 0 Å². The van der Waals surface area contributed by atoms with Crippen LogP contribution < -0.4 is 9.47 Å². The van der Waals surface area contributed by atoms with Crippen LogP contribution in [0.25, 0.3) is 0 Å². The number of rotatable bonds is 12. The molecule has 0 fully saturated rings. The van der Waals surface area contributed by atoms with Gasteiger partial charge in [-0.3, -0.25) is 9.79 Å². The second-order valence-electron chi connectivity index (χ2n) is 7.27. The van der Waals surface area contributed by atoms with E-state index in [1.807, 2.05) is 78.9 Å². The SMILES string of the molecule is COCCCOc1cc(/C=N/CC(=O)OC(c2ccccc2)c2ccccc2)ccc1OC. The Morgan fingerprint density at radius 1 is 0.879 bits per heavy atom. The van der Waals surface area contributed by atoms with E-state index in [0.29, 0.717) is 24.7 Å². The smallest absolute Gasteiger partial charge is 0.328 e. The van der Waals surface area contributed by atoms with E-state index < -0.39 is 12.1 Å². The molecule has 0 spiro atoms. The van der Waals surface area contributed by atoms with Gasteiger partial charge in [0.15, 0.2) is 17.6 Å². The van der Waals surface area contributed by atoms with E-state index in [1.54, 1.807) is 20.4 Å². The van der Waals surface area contributed by atoms with E-state index in [2.05, 4.69) is 4.99 Å². The second kappa shape index (κ2) is 13.0. The van der Waals surface area contributed by atoms with Crippen molar-refractivity contribution >= 4 is 12.2 Å². The Labute approximate surface area is 194 Å². The molecule has 0 amide bonds. The number of ether oxygens (including phenoxy) is 4. The van der Waals surface area contributed by atoms with Gasteiger partial charge in [0, 0.05) is 26.4 Å². The Morgan fingerprint density at radius 3 is 2.15 bits per heavy atom. The zero-order chi connectivity index (χ0) is 23.3. The average molecular weight is 448 g/mol. The minimum Gasteiger partial charge on any atom is -0.493 e. The van der Waals surface area contributed by atoms with Crippen molar-refractivity contribution in [2.24, 2.45) is 4.99 Å². The van der Waals surface area contributed by atoms with Gasteiger partial charge < -0.3 is 18.9 Å². The summed E-state index contributed by atoms with van der Waals surface area (Å²) in [5, 5.41) is 0. The van der Waals surface area contributed by atoms with Crippen molar-refractivity contribution in [2.75, 3.05) is 34.0 Å². The van der Waals surface area contributed by atoms with Crippen molar-refractivity contribution in [3.05, 3.63) is 95.6 Å². The van der Waals surface area contributed by atoms with Crippen LogP contribution in [0, 0.1) is 0 Å². The van der Waals surface area contributed by atoms with Gasteiger partial charge in [-0.15, -0.1) is 0 Å². The number of carbonyl (C=O) groups excluding carboxylic acids is 1. The molecule has 33 heavy (non-hydrogen) atoms. The molecule has 0 radical (unpaired) electrons. The highest BCUT2D eigenvalue weighted by molar-refractivity contribution is 5.83. The number of methoxy groups -OCH3 is 2. The highest BCUT2D eigenvalue weighted by Crippen LogP contribution is 2.28. The largest absolute Gasteiger partial charge is 0.493 e. The summed E-state index contributed by atoms with van der Waals surface area (Å²) >= 11 is 0. The van der Waals surface area contributed by atoms with Crippen molar-refractivity contribution in [2.45, 2.75) is 12.5 Å². The molecular weight excluding hydrogens is 418 g/mol. The summed E-state index contributed by atoms with van der Waals surface area (Å²) in [4.78, 5) is 16.8. The first-order valence-corrected chi connectivity index (χ1v) is 10.8. The van der Waals surface area contributed by atoms with Crippen LogP contribution in [0.4, 0.5) is 0 Å². The van der Waals surface area contributed by atoms with E-state index >= 15 is 0 Å². The number of aliphatic imine (C=N–C) groups is 1. The summed E-state index contributed by atoms with van der Waals surface area (Å²) in [5.74, 6) is 0.847. The number of hydrogen-bond donors (Lipinski definition) is 0. The van der Waals surface area contributed by atoms with Crippen LogP contribution in [0.2, 0.25) is 0 Å². The molecule has 0 bridgehead atoms. The maximum Gasteiger partial charge on any atom is 0.328 e. The first-order chi connectivity index (χ1) is 16.2. The minimum atomic E-state index is -0.483. The topological polar surface area (TPSA) is 66.4 Å². The lowest BCUT2D eigenvalue weighted by Gasteiger charge is -2.18. The van der Waals surface area contributed by atoms with Crippen LogP contribution in [0.15, 0.2) is 83.9 Å². The summed E-state index contributed by atoms with van der Waals surface area (Å²) < 4.78 is 22.0. The molecule has 0 aliphatic heterocycles. The van der Waals surface area contributed by atoms with Crippen LogP contribution in [0.3, 0.4) is 0 Å². The highest BCUT2D eigenvalue weighted by atomic mass is 16.5. The van der Waals surface area contributed by atoms with Crippen molar-refractivity contribution in [1.29, 1.82) is 0 Å². The van der Waals surface area contributed by atoms with Crippen LogP contribution in [0.5, 0.6) is 11.5 Å². The molecule has 0 heterocycles. The molecule has 3 rings (SSSR count). The molecule has 3 aromatic rings. The quantitative estimate of drug-likeness (QED) is 0.225. The van der Waals surface area contributed by atoms with Gasteiger partial charge in [-0.1, -0.05) is 60.7 Å². The lowest BCUT2D eigenvalue weighted by Crippen LogP contribution is -2.15. The molecule has 0 aliphatic rings. The second-order valence-corrected chi connectivity index (χ2v) is 7.27. The summed E-state index contributed by atoms with van der Waals surface area (Å²) in [6, 6.07) is 24.8. The molecule has 0 aromatic heterocycles. The van der Waals surface area contributed by atoms with Crippen molar-refractivity contribution in [3.63, 3.8) is 0 Å². The predicted octanol–water partition coefficient (Wildman–Crippen LogP) is 4.86. The van der Waals surface area contributed by atoms with Crippen LogP contribution in [0.1, 0.15) is 29.2 Å². The van der Waals surface area contributed by atoms with E-state index in [4.69, 9.17) is 18.9 Å². The molecule has 0 aliphatic carbocycles. The van der Waals surface area contributed by atoms with Gasteiger partial charge in [-0.05, 0) is 34.9 Å². The average Bonchev–Trinajstić information content (AvgIpc) is 2.86. The lowest BCUT2D eigenvalue weighted by molar-refractivity contribution is -0.145. The molecule has 0 saturated carbocycles. The Bertz CT molecular complexity index is 982. The van der Waals surface area contributed by atoms with Gasteiger partial charge >= 0.3 is 5.97 Å². The van der Waals surface area contributed by atoms with Crippen LogP contribution >= 0.6 is 0 Å². The normalized spacial score (nSPS) is 11.0. The Hall–Kier alpha value is -3.64. The van der Waals surface area contributed by atoms with Crippen LogP contribution in [-0.2, 0) is 14.3 Å². The maximum atomic E-state index is 12.6. The molecule has 0 N–H and O–H groups in total. The zero-order valence-corrected chi connectivity index (χ0v) is 19.0. The van der Waals surface area contributed by atoms with E-state index in [9.17, 15) is 4.79 Å². The number of carbonyl (C=O) groups is 1. The third-order valence-corrected chi connectivity index (χ3v) is 4.85. The van der Waals surface area contributed by atoms with E-state index in [1.165, 1.54) is 0 Å². The highest BCUT2D eigenvalue weighted by Gasteiger charge is 2.18. The number of hydrogen-bond acceptors (Lipinski definition) is 6. The molecule has 6 nitrogen and oxygen atoms in total. The molecule has 6 heteroatoms. The van der Waals surface area contributed by atoms with E-state index in [-0.39, 0.29) is 6.54 Å². The third-order valence-electron chi connectivity index (χ3n) is 4.85. The molecular formula is C27H29NO5. The summed E-state index contributed by atoms with van der Waals surface area (Å²) in [5.41, 5.74) is 2.62. The number of nitrogens with zero attached hydrogens (tertiary/aromatic N) is 1. The van der Waals surface area contributed by atoms with Gasteiger partial charge in [0.25, 0.3) is 0 Å². The van der Waals surface area contributed by atoms with Crippen molar-refractivity contribution in [3.8, 4) is 11.5 Å². The first-order valence-electron chi connectivity index (χ1n) is 10.8. The van der Waals surface area contributed by atoms with Crippen molar-refractivity contribution in [1.82, 2.24) is 0 Å². The van der Waals surface area contributed by atoms with Gasteiger partial charge in [-0.25, -0.2) is 0 Å². The summed E-state index contributed by atoms with van der Waals surface area (Å²) in [6.07, 6.45) is 1.92.